The van der Waals surface area contributed by atoms with Crippen LogP contribution >= 0.6 is 0 Å². The van der Waals surface area contributed by atoms with Gasteiger partial charge in [0, 0.05) is 17.1 Å². The summed E-state index contributed by atoms with van der Waals surface area (Å²) in [6.45, 7) is 2.01. The highest BCUT2D eigenvalue weighted by Crippen LogP contribution is 2.29. The summed E-state index contributed by atoms with van der Waals surface area (Å²) in [5.74, 6) is 0.658. The fraction of sp³-hybridized carbons (Fsp3) is 0.0870. The predicted molar refractivity (Wildman–Crippen MR) is 115 cm³/mol. The predicted octanol–water partition coefficient (Wildman–Crippen LogP) is 4.45. The number of nitrogens with zero attached hydrogens (tertiary/aromatic N) is 2. The summed E-state index contributed by atoms with van der Waals surface area (Å²) < 4.78 is 5.31. The summed E-state index contributed by atoms with van der Waals surface area (Å²) in [6.07, 6.45) is 1.70. The van der Waals surface area contributed by atoms with E-state index in [1.165, 1.54) is 0 Å². The third-order valence-corrected chi connectivity index (χ3v) is 4.76. The Morgan fingerprint density at radius 1 is 1.07 bits per heavy atom. The lowest BCUT2D eigenvalue weighted by Crippen LogP contribution is -2.12. The monoisotopic (exact) mass is 384 g/mol. The van der Waals surface area contributed by atoms with Crippen molar-refractivity contribution in [2.24, 2.45) is 0 Å². The lowest BCUT2D eigenvalue weighted by atomic mass is 9.97. The van der Waals surface area contributed by atoms with Crippen LogP contribution in [0.4, 0.5) is 11.6 Å². The van der Waals surface area contributed by atoms with Gasteiger partial charge in [0.25, 0.3) is 5.91 Å². The summed E-state index contributed by atoms with van der Waals surface area (Å²) in [6, 6.07) is 18.8. The SMILES string of the molecule is COc1ccccc1NC(=O)c1ccc(C)c(-c2ccc3nc(N)ncc3c2)c1. The highest BCUT2D eigenvalue weighted by atomic mass is 16.5. The van der Waals surface area contributed by atoms with Crippen LogP contribution in [0.15, 0.2) is 66.9 Å². The quantitative estimate of drug-likeness (QED) is 0.543. The Bertz CT molecular complexity index is 1220. The van der Waals surface area contributed by atoms with Gasteiger partial charge in [-0.3, -0.25) is 4.79 Å². The van der Waals surface area contributed by atoms with Gasteiger partial charge in [-0.2, -0.15) is 0 Å². The van der Waals surface area contributed by atoms with Crippen molar-refractivity contribution in [3.63, 3.8) is 0 Å². The standard InChI is InChI=1S/C23H20N4O2/c1-14-7-8-16(22(28)26-20-5-3-4-6-21(20)29-2)12-18(14)15-9-10-19-17(11-15)13-25-23(24)27-19/h3-13H,1-2H3,(H,26,28)(H2,24,25,27). The van der Waals surface area contributed by atoms with Crippen molar-refractivity contribution in [3.8, 4) is 16.9 Å². The zero-order valence-electron chi connectivity index (χ0n) is 16.1. The molecule has 1 heterocycles. The third kappa shape index (κ3) is 3.73. The van der Waals surface area contributed by atoms with Crippen LogP contribution < -0.4 is 15.8 Å². The first-order valence-corrected chi connectivity index (χ1v) is 9.13. The molecule has 0 atom stereocenters. The second-order valence-electron chi connectivity index (χ2n) is 6.69. The minimum atomic E-state index is -0.201. The van der Waals surface area contributed by atoms with Crippen LogP contribution in [0.2, 0.25) is 0 Å². The zero-order chi connectivity index (χ0) is 20.4. The highest BCUT2D eigenvalue weighted by Gasteiger charge is 2.12. The van der Waals surface area contributed by atoms with E-state index >= 15 is 0 Å². The van der Waals surface area contributed by atoms with Crippen LogP contribution in [0.3, 0.4) is 0 Å². The van der Waals surface area contributed by atoms with Crippen LogP contribution in [0.25, 0.3) is 22.0 Å². The molecule has 0 radical (unpaired) electrons. The molecule has 3 N–H and O–H groups in total. The van der Waals surface area contributed by atoms with Gasteiger partial charge in [-0.15, -0.1) is 0 Å². The molecule has 1 amide bonds. The number of anilines is 2. The maximum atomic E-state index is 12.8. The van der Waals surface area contributed by atoms with Gasteiger partial charge in [-0.05, 0) is 60.0 Å². The normalized spacial score (nSPS) is 10.7. The van der Waals surface area contributed by atoms with Crippen molar-refractivity contribution in [1.29, 1.82) is 0 Å². The summed E-state index contributed by atoms with van der Waals surface area (Å²) in [4.78, 5) is 21.1. The van der Waals surface area contributed by atoms with Gasteiger partial charge >= 0.3 is 0 Å². The number of hydrogen-bond donors (Lipinski definition) is 2. The van der Waals surface area contributed by atoms with E-state index in [-0.39, 0.29) is 11.9 Å². The van der Waals surface area contributed by atoms with Gasteiger partial charge in [0.15, 0.2) is 0 Å². The van der Waals surface area contributed by atoms with Crippen molar-refractivity contribution in [2.45, 2.75) is 6.92 Å². The number of aromatic nitrogens is 2. The van der Waals surface area contributed by atoms with Gasteiger partial charge in [-0.1, -0.05) is 24.3 Å². The first-order valence-electron chi connectivity index (χ1n) is 9.13. The van der Waals surface area contributed by atoms with Gasteiger partial charge in [-0.25, -0.2) is 9.97 Å². The second kappa shape index (κ2) is 7.59. The van der Waals surface area contributed by atoms with E-state index in [1.807, 2.05) is 55.5 Å². The third-order valence-electron chi connectivity index (χ3n) is 4.76. The average molecular weight is 384 g/mol. The molecule has 1 aromatic heterocycles. The number of amides is 1. The smallest absolute Gasteiger partial charge is 0.255 e. The highest BCUT2D eigenvalue weighted by molar-refractivity contribution is 6.06. The fourth-order valence-corrected chi connectivity index (χ4v) is 3.23. The molecule has 0 unspecified atom stereocenters. The molecule has 3 aromatic carbocycles. The molecule has 0 saturated carbocycles. The molecule has 0 fully saturated rings. The van der Waals surface area contributed by atoms with E-state index in [2.05, 4.69) is 15.3 Å². The molecule has 29 heavy (non-hydrogen) atoms. The summed E-state index contributed by atoms with van der Waals surface area (Å²) in [5, 5.41) is 3.80. The number of benzene rings is 3. The van der Waals surface area contributed by atoms with Crippen LogP contribution in [0.1, 0.15) is 15.9 Å². The molecular weight excluding hydrogens is 364 g/mol. The Morgan fingerprint density at radius 2 is 1.90 bits per heavy atom. The second-order valence-corrected chi connectivity index (χ2v) is 6.69. The number of methoxy groups -OCH3 is 1. The molecule has 0 bridgehead atoms. The summed E-state index contributed by atoms with van der Waals surface area (Å²) >= 11 is 0. The molecule has 4 aromatic rings. The Morgan fingerprint density at radius 3 is 2.72 bits per heavy atom. The number of nitrogens with two attached hydrogens (primary N) is 1. The number of para-hydroxylation sites is 2. The Kier molecular flexibility index (Phi) is 4.83. The minimum Gasteiger partial charge on any atom is -0.495 e. The van der Waals surface area contributed by atoms with Crippen LogP contribution in [-0.2, 0) is 0 Å². The molecule has 0 aliphatic heterocycles. The van der Waals surface area contributed by atoms with Gasteiger partial charge in [0.1, 0.15) is 5.75 Å². The number of aryl methyl sites for hydroxylation is 1. The minimum absolute atomic E-state index is 0.201. The molecule has 144 valence electrons. The van der Waals surface area contributed by atoms with E-state index < -0.39 is 0 Å². The molecule has 0 aliphatic rings. The number of nitrogen functional groups attached to an aromatic ring is 1. The maximum absolute atomic E-state index is 12.8. The molecular formula is C23H20N4O2. The molecule has 0 saturated heterocycles. The van der Waals surface area contributed by atoms with Crippen molar-refractivity contribution >= 4 is 28.4 Å². The van der Waals surface area contributed by atoms with Crippen LogP contribution in [-0.4, -0.2) is 23.0 Å². The summed E-state index contributed by atoms with van der Waals surface area (Å²) in [7, 11) is 1.58. The van der Waals surface area contributed by atoms with Gasteiger partial charge in [0.2, 0.25) is 5.95 Å². The van der Waals surface area contributed by atoms with Crippen molar-refractivity contribution < 1.29 is 9.53 Å². The van der Waals surface area contributed by atoms with E-state index in [0.717, 1.165) is 27.6 Å². The van der Waals surface area contributed by atoms with Gasteiger partial charge in [0.05, 0.1) is 18.3 Å². The molecule has 4 rings (SSSR count). The average Bonchev–Trinajstić information content (AvgIpc) is 2.74. The molecule has 6 heteroatoms. The van der Waals surface area contributed by atoms with Gasteiger partial charge < -0.3 is 15.8 Å². The number of carbonyl (C=O) groups excluding carboxylic acids is 1. The van der Waals surface area contributed by atoms with Crippen molar-refractivity contribution in [2.75, 3.05) is 18.2 Å². The first-order chi connectivity index (χ1) is 14.0. The fourth-order valence-electron chi connectivity index (χ4n) is 3.23. The first kappa shape index (κ1) is 18.4. The Balaban J connectivity index is 1.69. The molecule has 0 aliphatic carbocycles. The number of rotatable bonds is 4. The lowest BCUT2D eigenvalue weighted by Gasteiger charge is -2.12. The van der Waals surface area contributed by atoms with E-state index in [9.17, 15) is 4.79 Å². The van der Waals surface area contributed by atoms with Crippen molar-refractivity contribution in [1.82, 2.24) is 9.97 Å². The van der Waals surface area contributed by atoms with Crippen molar-refractivity contribution in [3.05, 3.63) is 78.0 Å². The maximum Gasteiger partial charge on any atom is 0.255 e. The van der Waals surface area contributed by atoms with Crippen LogP contribution in [0.5, 0.6) is 5.75 Å². The summed E-state index contributed by atoms with van der Waals surface area (Å²) in [5.41, 5.74) is 10.6. The number of fused-ring (bicyclic) bond motifs is 1. The lowest BCUT2D eigenvalue weighted by molar-refractivity contribution is 0.102. The van der Waals surface area contributed by atoms with E-state index in [1.54, 1.807) is 25.4 Å². The number of hydrogen-bond acceptors (Lipinski definition) is 5. The van der Waals surface area contributed by atoms with E-state index in [0.29, 0.717) is 17.0 Å². The topological polar surface area (TPSA) is 90.1 Å². The Labute approximate surface area is 168 Å². The molecule has 6 nitrogen and oxygen atoms in total. The van der Waals surface area contributed by atoms with Crippen LogP contribution in [0, 0.1) is 6.92 Å². The number of nitrogens with one attached hydrogen (secondary N) is 1. The zero-order valence-corrected chi connectivity index (χ0v) is 16.1. The number of carbonyl (C=O) groups is 1. The molecule has 0 spiro atoms. The number of ether oxygens (including phenoxy) is 1. The van der Waals surface area contributed by atoms with E-state index in [4.69, 9.17) is 10.5 Å². The Hall–Kier alpha value is -3.93. The largest absolute Gasteiger partial charge is 0.495 e.